The highest BCUT2D eigenvalue weighted by Crippen LogP contribution is 2.15. The molecule has 8 heteroatoms. The average Bonchev–Trinajstić information content (AvgIpc) is 3.26. The minimum atomic E-state index is -0.216. The molecule has 0 radical (unpaired) electrons. The molecule has 0 fully saturated rings. The van der Waals surface area contributed by atoms with Gasteiger partial charge in [0.15, 0.2) is 5.82 Å². The second-order valence-electron chi connectivity index (χ2n) is 6.73. The van der Waals surface area contributed by atoms with E-state index in [0.29, 0.717) is 12.1 Å². The third-order valence-corrected chi connectivity index (χ3v) is 4.72. The lowest BCUT2D eigenvalue weighted by Crippen LogP contribution is -2.29. The van der Waals surface area contributed by atoms with E-state index in [-0.39, 0.29) is 11.9 Å². The van der Waals surface area contributed by atoms with E-state index in [9.17, 15) is 4.79 Å². The Balaban J connectivity index is 1.47. The van der Waals surface area contributed by atoms with Crippen molar-refractivity contribution in [1.29, 1.82) is 0 Å². The first-order valence-electron chi connectivity index (χ1n) is 9.20. The molecule has 1 unspecified atom stereocenters. The maximum atomic E-state index is 12.7. The summed E-state index contributed by atoms with van der Waals surface area (Å²) in [5, 5.41) is 19.2. The zero-order chi connectivity index (χ0) is 18.6. The van der Waals surface area contributed by atoms with Crippen LogP contribution in [0.2, 0.25) is 0 Å². The van der Waals surface area contributed by atoms with Crippen LogP contribution in [0.5, 0.6) is 0 Å². The zero-order valence-corrected chi connectivity index (χ0v) is 15.3. The number of aromatic nitrogens is 5. The summed E-state index contributed by atoms with van der Waals surface area (Å²) in [7, 11) is 0. The summed E-state index contributed by atoms with van der Waals surface area (Å²) in [5.74, 6) is 1.65. The summed E-state index contributed by atoms with van der Waals surface area (Å²) < 4.78 is 3.94. The summed E-state index contributed by atoms with van der Waals surface area (Å²) in [5.41, 5.74) is 1.66. The number of nitrogens with one attached hydrogen (secondary N) is 2. The van der Waals surface area contributed by atoms with Crippen molar-refractivity contribution in [3.05, 3.63) is 65.5 Å². The second-order valence-corrected chi connectivity index (χ2v) is 6.73. The van der Waals surface area contributed by atoms with Gasteiger partial charge in [-0.3, -0.25) is 9.48 Å². The standard InChI is InChI=1S/C19H23N7O/c1-14(18-24-23-17-6-8-20-9-11-26(17)18)22-19(27)16-5-2-4-15(12-16)13-25-10-3-7-21-25/h2-5,7,10,12,14,20H,6,8-9,11,13H2,1H3,(H,22,27). The Kier molecular flexibility index (Phi) is 4.97. The molecule has 2 aromatic heterocycles. The van der Waals surface area contributed by atoms with E-state index in [0.717, 1.165) is 43.3 Å². The SMILES string of the molecule is CC(NC(=O)c1cccc(Cn2cccn2)c1)c1nnc2n1CCNCC2. The van der Waals surface area contributed by atoms with E-state index in [1.54, 1.807) is 6.20 Å². The van der Waals surface area contributed by atoms with Gasteiger partial charge in [-0.25, -0.2) is 0 Å². The van der Waals surface area contributed by atoms with Crippen LogP contribution in [0.3, 0.4) is 0 Å². The van der Waals surface area contributed by atoms with Crippen LogP contribution in [-0.2, 0) is 19.5 Å². The smallest absolute Gasteiger partial charge is 0.251 e. The largest absolute Gasteiger partial charge is 0.342 e. The van der Waals surface area contributed by atoms with Crippen molar-refractivity contribution in [3.63, 3.8) is 0 Å². The first-order chi connectivity index (χ1) is 13.2. The third-order valence-electron chi connectivity index (χ3n) is 4.72. The monoisotopic (exact) mass is 365 g/mol. The first-order valence-corrected chi connectivity index (χ1v) is 9.20. The lowest BCUT2D eigenvalue weighted by Gasteiger charge is -2.15. The predicted octanol–water partition coefficient (Wildman–Crippen LogP) is 1.16. The van der Waals surface area contributed by atoms with Crippen molar-refractivity contribution in [1.82, 2.24) is 35.2 Å². The van der Waals surface area contributed by atoms with Crippen molar-refractivity contribution in [3.8, 4) is 0 Å². The normalized spacial score (nSPS) is 15.0. The van der Waals surface area contributed by atoms with E-state index >= 15 is 0 Å². The number of carbonyl (C=O) groups is 1. The summed E-state index contributed by atoms with van der Waals surface area (Å²) >= 11 is 0. The Morgan fingerprint density at radius 3 is 3.07 bits per heavy atom. The number of fused-ring (bicyclic) bond motifs is 1. The van der Waals surface area contributed by atoms with Crippen LogP contribution in [0.4, 0.5) is 0 Å². The molecule has 0 bridgehead atoms. The Morgan fingerprint density at radius 2 is 2.22 bits per heavy atom. The second kappa shape index (κ2) is 7.71. The van der Waals surface area contributed by atoms with Crippen LogP contribution in [-0.4, -0.2) is 43.5 Å². The predicted molar refractivity (Wildman–Crippen MR) is 100 cm³/mol. The molecule has 3 heterocycles. The highest BCUT2D eigenvalue weighted by atomic mass is 16.1. The van der Waals surface area contributed by atoms with Crippen molar-refractivity contribution < 1.29 is 4.79 Å². The fourth-order valence-electron chi connectivity index (χ4n) is 3.35. The summed E-state index contributed by atoms with van der Waals surface area (Å²) in [6, 6.07) is 9.28. The molecule has 27 heavy (non-hydrogen) atoms. The Bertz CT molecular complexity index is 916. The average molecular weight is 365 g/mol. The molecule has 140 valence electrons. The maximum Gasteiger partial charge on any atom is 0.251 e. The molecule has 1 aliphatic heterocycles. The van der Waals surface area contributed by atoms with Gasteiger partial charge in [0.05, 0.1) is 12.6 Å². The van der Waals surface area contributed by atoms with Gasteiger partial charge >= 0.3 is 0 Å². The van der Waals surface area contributed by atoms with Crippen molar-refractivity contribution >= 4 is 5.91 Å². The molecule has 0 saturated carbocycles. The van der Waals surface area contributed by atoms with Gasteiger partial charge in [-0.2, -0.15) is 5.10 Å². The van der Waals surface area contributed by atoms with Gasteiger partial charge in [-0.05, 0) is 30.7 Å². The van der Waals surface area contributed by atoms with E-state index in [1.165, 1.54) is 0 Å². The maximum absolute atomic E-state index is 12.7. The minimum absolute atomic E-state index is 0.117. The molecule has 0 spiro atoms. The number of benzene rings is 1. The number of hydrogen-bond donors (Lipinski definition) is 2. The van der Waals surface area contributed by atoms with Gasteiger partial charge in [0.2, 0.25) is 0 Å². The van der Waals surface area contributed by atoms with Gasteiger partial charge in [-0.15, -0.1) is 10.2 Å². The van der Waals surface area contributed by atoms with Crippen LogP contribution in [0.1, 0.15) is 40.5 Å². The Morgan fingerprint density at radius 1 is 1.30 bits per heavy atom. The van der Waals surface area contributed by atoms with Gasteiger partial charge in [-0.1, -0.05) is 12.1 Å². The van der Waals surface area contributed by atoms with Gasteiger partial charge in [0, 0.05) is 44.0 Å². The lowest BCUT2D eigenvalue weighted by atomic mass is 10.1. The number of nitrogens with zero attached hydrogens (tertiary/aromatic N) is 5. The Hall–Kier alpha value is -3.00. The molecule has 1 atom stereocenters. The van der Waals surface area contributed by atoms with Crippen molar-refractivity contribution in [2.75, 3.05) is 13.1 Å². The number of rotatable bonds is 5. The van der Waals surface area contributed by atoms with Crippen LogP contribution in [0.25, 0.3) is 0 Å². The molecule has 2 N–H and O–H groups in total. The number of amides is 1. The molecule has 0 aliphatic carbocycles. The summed E-state index contributed by atoms with van der Waals surface area (Å²) in [4.78, 5) is 12.7. The number of hydrogen-bond acceptors (Lipinski definition) is 5. The fourth-order valence-corrected chi connectivity index (χ4v) is 3.35. The third kappa shape index (κ3) is 3.90. The molecule has 4 rings (SSSR count). The molecule has 1 amide bonds. The molecule has 0 saturated heterocycles. The quantitative estimate of drug-likeness (QED) is 0.708. The molecule has 8 nitrogen and oxygen atoms in total. The highest BCUT2D eigenvalue weighted by molar-refractivity contribution is 5.94. The van der Waals surface area contributed by atoms with E-state index in [2.05, 4.69) is 30.5 Å². The van der Waals surface area contributed by atoms with Crippen molar-refractivity contribution in [2.45, 2.75) is 32.5 Å². The van der Waals surface area contributed by atoms with Crippen LogP contribution >= 0.6 is 0 Å². The van der Waals surface area contributed by atoms with Gasteiger partial charge in [0.25, 0.3) is 5.91 Å². The topological polar surface area (TPSA) is 89.7 Å². The highest BCUT2D eigenvalue weighted by Gasteiger charge is 2.21. The molecular formula is C19H23N7O. The fraction of sp³-hybridized carbons (Fsp3) is 0.368. The Labute approximate surface area is 157 Å². The molecular weight excluding hydrogens is 342 g/mol. The van der Waals surface area contributed by atoms with Crippen LogP contribution in [0.15, 0.2) is 42.7 Å². The van der Waals surface area contributed by atoms with Gasteiger partial charge in [0.1, 0.15) is 5.82 Å². The van der Waals surface area contributed by atoms with Crippen molar-refractivity contribution in [2.24, 2.45) is 0 Å². The van der Waals surface area contributed by atoms with E-state index < -0.39 is 0 Å². The molecule has 1 aromatic carbocycles. The zero-order valence-electron chi connectivity index (χ0n) is 15.3. The minimum Gasteiger partial charge on any atom is -0.342 e. The van der Waals surface area contributed by atoms with Crippen LogP contribution in [0, 0.1) is 0 Å². The number of carbonyl (C=O) groups excluding carboxylic acids is 1. The molecule has 3 aromatic rings. The lowest BCUT2D eigenvalue weighted by molar-refractivity contribution is 0.0937. The first kappa shape index (κ1) is 17.4. The molecule has 1 aliphatic rings. The van der Waals surface area contributed by atoms with Gasteiger partial charge < -0.3 is 15.2 Å². The summed E-state index contributed by atoms with van der Waals surface area (Å²) in [6.45, 7) is 5.18. The van der Waals surface area contributed by atoms with E-state index in [4.69, 9.17) is 0 Å². The summed E-state index contributed by atoms with van der Waals surface area (Å²) in [6.07, 6.45) is 4.50. The van der Waals surface area contributed by atoms with E-state index in [1.807, 2.05) is 48.1 Å². The van der Waals surface area contributed by atoms with Crippen LogP contribution < -0.4 is 10.6 Å².